The van der Waals surface area contributed by atoms with Crippen molar-refractivity contribution in [3.05, 3.63) is 96.8 Å². The molecule has 0 bridgehead atoms. The number of carboxylic acid groups (broad SMARTS) is 1. The molecule has 0 spiro atoms. The van der Waals surface area contributed by atoms with Crippen molar-refractivity contribution in [1.29, 1.82) is 0 Å². The van der Waals surface area contributed by atoms with Crippen molar-refractivity contribution in [1.82, 2.24) is 5.43 Å². The van der Waals surface area contributed by atoms with E-state index >= 15 is 0 Å². The highest BCUT2D eigenvalue weighted by molar-refractivity contribution is 14.1. The Bertz CT molecular complexity index is 1550. The van der Waals surface area contributed by atoms with Crippen LogP contribution in [0.2, 0.25) is 0 Å². The Morgan fingerprint density at radius 2 is 2.00 bits per heavy atom. The quantitative estimate of drug-likeness (QED) is 0.116. The average Bonchev–Trinajstić information content (AvgIpc) is 3.31. The van der Waals surface area contributed by atoms with Gasteiger partial charge in [-0.15, -0.1) is 0 Å². The molecule has 0 radical (unpaired) electrons. The van der Waals surface area contributed by atoms with Crippen molar-refractivity contribution >= 4 is 57.3 Å². The van der Waals surface area contributed by atoms with E-state index in [2.05, 4.69) is 33.1 Å². The average molecular weight is 615 g/mol. The van der Waals surface area contributed by atoms with Gasteiger partial charge in [0.2, 0.25) is 0 Å². The molecule has 0 saturated carbocycles. The van der Waals surface area contributed by atoms with Crippen molar-refractivity contribution < 1.29 is 33.5 Å². The highest BCUT2D eigenvalue weighted by Crippen LogP contribution is 2.34. The molecule has 188 valence electrons. The van der Waals surface area contributed by atoms with Crippen LogP contribution < -0.4 is 14.9 Å². The number of nitrogens with one attached hydrogen (secondary N) is 1. The molecule has 4 aromatic rings. The Hall–Kier alpha value is -4.46. The first-order valence-corrected chi connectivity index (χ1v) is 11.7. The molecule has 12 heteroatoms. The van der Waals surface area contributed by atoms with Gasteiger partial charge in [-0.25, -0.2) is 10.2 Å². The first-order valence-electron chi connectivity index (χ1n) is 10.6. The van der Waals surface area contributed by atoms with E-state index in [-0.39, 0.29) is 23.6 Å². The summed E-state index contributed by atoms with van der Waals surface area (Å²) in [7, 11) is 1.48. The van der Waals surface area contributed by atoms with E-state index in [0.29, 0.717) is 37.2 Å². The predicted molar refractivity (Wildman–Crippen MR) is 141 cm³/mol. The van der Waals surface area contributed by atoms with E-state index in [0.717, 1.165) is 0 Å². The second-order valence-corrected chi connectivity index (χ2v) is 8.78. The first kappa shape index (κ1) is 25.6. The number of non-ortho nitro benzene ring substituents is 1. The van der Waals surface area contributed by atoms with E-state index in [1.54, 1.807) is 24.3 Å². The van der Waals surface area contributed by atoms with Gasteiger partial charge in [-0.05, 0) is 70.1 Å². The van der Waals surface area contributed by atoms with Crippen LogP contribution in [0.4, 0.5) is 5.69 Å². The minimum Gasteiger partial charge on any atom is -0.493 e. The van der Waals surface area contributed by atoms with Crippen LogP contribution >= 0.6 is 22.6 Å². The third-order valence-corrected chi connectivity index (χ3v) is 5.92. The first-order chi connectivity index (χ1) is 17.7. The molecular weight excluding hydrogens is 597 g/mol. The van der Waals surface area contributed by atoms with Crippen LogP contribution in [0.1, 0.15) is 32.0 Å². The summed E-state index contributed by atoms with van der Waals surface area (Å²) in [6, 6.07) is 15.3. The Balaban J connectivity index is 1.44. The van der Waals surface area contributed by atoms with Crippen LogP contribution in [0, 0.1) is 13.7 Å². The number of nitro benzene ring substituents is 1. The number of rotatable bonds is 9. The lowest BCUT2D eigenvalue weighted by Gasteiger charge is -2.14. The summed E-state index contributed by atoms with van der Waals surface area (Å²) in [4.78, 5) is 34.0. The summed E-state index contributed by atoms with van der Waals surface area (Å²) in [6.45, 7) is 0.137. The number of hydrazone groups is 1. The molecule has 1 heterocycles. The minimum atomic E-state index is -1.02. The van der Waals surface area contributed by atoms with E-state index in [1.807, 2.05) is 0 Å². The standard InChI is InChI=1S/C25H18IN3O8/c1-35-21-9-15(8-19(26)23(21)36-13-14-3-2-4-16(7-14)25(31)32)12-27-28-24(30)22-11-17-10-18(29(33)34)5-6-20(17)37-22/h2-12H,13H2,1H3,(H,28,30)(H,31,32)/b27-12+. The normalized spacial score (nSPS) is 11.0. The molecule has 11 nitrogen and oxygen atoms in total. The highest BCUT2D eigenvalue weighted by atomic mass is 127. The van der Waals surface area contributed by atoms with E-state index < -0.39 is 16.8 Å². The van der Waals surface area contributed by atoms with Crippen LogP contribution in [0.5, 0.6) is 11.5 Å². The number of halogens is 1. The van der Waals surface area contributed by atoms with Crippen LogP contribution in [-0.4, -0.2) is 35.2 Å². The number of methoxy groups -OCH3 is 1. The number of carboxylic acids is 1. The van der Waals surface area contributed by atoms with E-state index in [4.69, 9.17) is 19.0 Å². The predicted octanol–water partition coefficient (Wildman–Crippen LogP) is 5.00. The molecule has 0 unspecified atom stereocenters. The molecule has 3 aromatic carbocycles. The number of amides is 1. The number of carbonyl (C=O) groups is 2. The van der Waals surface area contributed by atoms with E-state index in [9.17, 15) is 19.7 Å². The monoisotopic (exact) mass is 615 g/mol. The topological polar surface area (TPSA) is 154 Å². The van der Waals surface area contributed by atoms with Crippen LogP contribution in [0.3, 0.4) is 0 Å². The summed E-state index contributed by atoms with van der Waals surface area (Å²) in [5.74, 6) is -0.792. The molecule has 0 aliphatic rings. The second kappa shape index (κ2) is 11.1. The van der Waals surface area contributed by atoms with Gasteiger partial charge in [0.25, 0.3) is 5.69 Å². The molecule has 4 rings (SSSR count). The number of furan rings is 1. The molecule has 0 fully saturated rings. The molecule has 0 aliphatic heterocycles. The van der Waals surface area contributed by atoms with Gasteiger partial charge in [-0.2, -0.15) is 5.10 Å². The van der Waals surface area contributed by atoms with Crippen molar-refractivity contribution in [3.8, 4) is 11.5 Å². The number of hydrogen-bond donors (Lipinski definition) is 2. The Morgan fingerprint density at radius 1 is 1.19 bits per heavy atom. The van der Waals surface area contributed by atoms with Crippen molar-refractivity contribution in [2.24, 2.45) is 5.10 Å². The maximum Gasteiger partial charge on any atom is 0.335 e. The second-order valence-electron chi connectivity index (χ2n) is 7.62. The number of carbonyl (C=O) groups excluding carboxylic acids is 1. The summed E-state index contributed by atoms with van der Waals surface area (Å²) >= 11 is 2.07. The van der Waals surface area contributed by atoms with Crippen molar-refractivity contribution in [3.63, 3.8) is 0 Å². The zero-order valence-corrected chi connectivity index (χ0v) is 21.3. The molecule has 1 amide bonds. The Kier molecular flexibility index (Phi) is 7.67. The fraction of sp³-hybridized carbons (Fsp3) is 0.0800. The number of nitro groups is 1. The van der Waals surface area contributed by atoms with Gasteiger partial charge >= 0.3 is 11.9 Å². The lowest BCUT2D eigenvalue weighted by molar-refractivity contribution is -0.384. The number of hydrogen-bond acceptors (Lipinski definition) is 8. The summed E-state index contributed by atoms with van der Waals surface area (Å²) in [5, 5.41) is 24.5. The maximum atomic E-state index is 12.4. The van der Waals surface area contributed by atoms with Crippen molar-refractivity contribution in [2.45, 2.75) is 6.61 Å². The van der Waals surface area contributed by atoms with Gasteiger partial charge in [0.1, 0.15) is 12.2 Å². The highest BCUT2D eigenvalue weighted by Gasteiger charge is 2.15. The molecule has 0 aliphatic carbocycles. The van der Waals surface area contributed by atoms with Crippen LogP contribution in [0.15, 0.2) is 70.2 Å². The van der Waals surface area contributed by atoms with Gasteiger partial charge in [0.05, 0.1) is 27.4 Å². The summed E-state index contributed by atoms with van der Waals surface area (Å²) < 4.78 is 17.5. The van der Waals surface area contributed by atoms with E-state index in [1.165, 1.54) is 49.7 Å². The SMILES string of the molecule is COc1cc(/C=N/NC(=O)c2cc3cc([N+](=O)[O-])ccc3o2)cc(I)c1OCc1cccc(C(=O)O)c1. The number of ether oxygens (including phenoxy) is 2. The number of aromatic carboxylic acids is 1. The van der Waals surface area contributed by atoms with Gasteiger partial charge < -0.3 is 19.0 Å². The maximum absolute atomic E-state index is 12.4. The lowest BCUT2D eigenvalue weighted by atomic mass is 10.1. The minimum absolute atomic E-state index is 0.0458. The molecule has 0 atom stereocenters. The summed E-state index contributed by atoms with van der Waals surface area (Å²) in [6.07, 6.45) is 1.41. The number of nitrogens with zero attached hydrogens (tertiary/aromatic N) is 2. The zero-order valence-electron chi connectivity index (χ0n) is 19.1. The molecule has 37 heavy (non-hydrogen) atoms. The molecule has 0 saturated heterocycles. The fourth-order valence-electron chi connectivity index (χ4n) is 3.38. The lowest BCUT2D eigenvalue weighted by Crippen LogP contribution is -2.16. The Morgan fingerprint density at radius 3 is 2.73 bits per heavy atom. The van der Waals surface area contributed by atoms with Gasteiger partial charge in [-0.1, -0.05) is 12.1 Å². The van der Waals surface area contributed by atoms with Crippen LogP contribution in [0.25, 0.3) is 11.0 Å². The van der Waals surface area contributed by atoms with Crippen LogP contribution in [-0.2, 0) is 6.61 Å². The Labute approximate surface area is 223 Å². The third kappa shape index (κ3) is 6.03. The van der Waals surface area contributed by atoms with Gasteiger partial charge in [-0.3, -0.25) is 14.9 Å². The molecular formula is C25H18IN3O8. The molecule has 2 N–H and O–H groups in total. The number of benzene rings is 3. The molecule has 1 aromatic heterocycles. The number of fused-ring (bicyclic) bond motifs is 1. The fourth-order valence-corrected chi connectivity index (χ4v) is 4.16. The van der Waals surface area contributed by atoms with Crippen molar-refractivity contribution in [2.75, 3.05) is 7.11 Å². The van der Waals surface area contributed by atoms with Gasteiger partial charge in [0.15, 0.2) is 17.3 Å². The smallest absolute Gasteiger partial charge is 0.335 e. The third-order valence-electron chi connectivity index (χ3n) is 5.12. The zero-order chi connectivity index (χ0) is 26.5. The summed E-state index contributed by atoms with van der Waals surface area (Å²) in [5.41, 5.74) is 4.05. The largest absolute Gasteiger partial charge is 0.493 e. The van der Waals surface area contributed by atoms with Gasteiger partial charge in [0, 0.05) is 17.5 Å².